The van der Waals surface area contributed by atoms with Crippen molar-refractivity contribution in [1.82, 2.24) is 9.88 Å². The Hall–Kier alpha value is -1.53. The van der Waals surface area contributed by atoms with Gasteiger partial charge in [0.25, 0.3) is 5.91 Å². The molecule has 3 aliphatic rings. The first kappa shape index (κ1) is 16.9. The van der Waals surface area contributed by atoms with Crippen molar-refractivity contribution < 1.29 is 18.7 Å². The summed E-state index contributed by atoms with van der Waals surface area (Å²) < 4.78 is 26.3. The van der Waals surface area contributed by atoms with Crippen molar-refractivity contribution in [1.29, 1.82) is 0 Å². The van der Waals surface area contributed by atoms with Gasteiger partial charge in [-0.2, -0.15) is 0 Å². The number of nitrogens with zero attached hydrogens (tertiary/aromatic N) is 2. The van der Waals surface area contributed by atoms with E-state index in [1.807, 2.05) is 12.1 Å². The summed E-state index contributed by atoms with van der Waals surface area (Å²) >= 11 is 0. The molecule has 3 fully saturated rings. The first-order chi connectivity index (χ1) is 12.2. The molecule has 6 heteroatoms. The summed E-state index contributed by atoms with van der Waals surface area (Å²) in [6.07, 6.45) is 6.81. The number of morpholine rings is 1. The van der Waals surface area contributed by atoms with Crippen LogP contribution in [0.4, 0.5) is 4.39 Å². The van der Waals surface area contributed by atoms with Gasteiger partial charge in [-0.25, -0.2) is 4.39 Å². The highest BCUT2D eigenvalue weighted by atomic mass is 19.1. The summed E-state index contributed by atoms with van der Waals surface area (Å²) in [5, 5.41) is 0. The molecule has 5 nitrogen and oxygen atoms in total. The van der Waals surface area contributed by atoms with Gasteiger partial charge in [0.05, 0.1) is 32.0 Å². The molecule has 1 aliphatic heterocycles. The molecule has 2 aliphatic carbocycles. The fraction of sp³-hybridized carbons (Fsp3) is 0.684. The van der Waals surface area contributed by atoms with Crippen LogP contribution in [0.25, 0.3) is 0 Å². The zero-order chi connectivity index (χ0) is 17.3. The zero-order valence-corrected chi connectivity index (χ0v) is 14.4. The minimum atomic E-state index is -1.61. The minimum absolute atomic E-state index is 0.00370. The predicted octanol–water partition coefficient (Wildman–Crippen LogP) is 2.50. The largest absolute Gasteiger partial charge is 0.376 e. The van der Waals surface area contributed by atoms with Gasteiger partial charge in [-0.1, -0.05) is 0 Å². The third-order valence-electron chi connectivity index (χ3n) is 5.80. The number of hydrogen-bond acceptors (Lipinski definition) is 4. The summed E-state index contributed by atoms with van der Waals surface area (Å²) in [5.41, 5.74) is -0.513. The van der Waals surface area contributed by atoms with Crippen molar-refractivity contribution in [3.8, 4) is 0 Å². The van der Waals surface area contributed by atoms with E-state index in [1.54, 1.807) is 17.3 Å². The van der Waals surface area contributed by atoms with Gasteiger partial charge in [0.2, 0.25) is 0 Å². The van der Waals surface area contributed by atoms with Crippen LogP contribution in [0.1, 0.15) is 37.7 Å². The van der Waals surface area contributed by atoms with Crippen molar-refractivity contribution in [2.75, 3.05) is 19.8 Å². The smallest absolute Gasteiger partial charge is 0.260 e. The van der Waals surface area contributed by atoms with Crippen molar-refractivity contribution in [3.05, 3.63) is 30.1 Å². The van der Waals surface area contributed by atoms with E-state index in [0.29, 0.717) is 45.1 Å². The monoisotopic (exact) mass is 348 g/mol. The number of carbonyl (C=O) groups is 1. The number of halogens is 1. The lowest BCUT2D eigenvalue weighted by Gasteiger charge is -2.43. The lowest BCUT2D eigenvalue weighted by atomic mass is 9.80. The molecule has 1 aromatic heterocycles. The average molecular weight is 348 g/mol. The van der Waals surface area contributed by atoms with Crippen LogP contribution >= 0.6 is 0 Å². The Morgan fingerprint density at radius 3 is 2.88 bits per heavy atom. The van der Waals surface area contributed by atoms with Crippen LogP contribution in [0.5, 0.6) is 0 Å². The first-order valence-corrected chi connectivity index (χ1v) is 9.24. The summed E-state index contributed by atoms with van der Waals surface area (Å²) in [7, 11) is 0. The van der Waals surface area contributed by atoms with E-state index in [4.69, 9.17) is 9.47 Å². The topological polar surface area (TPSA) is 51.7 Å². The van der Waals surface area contributed by atoms with Crippen LogP contribution in [0.3, 0.4) is 0 Å². The molecule has 3 atom stereocenters. The molecule has 1 saturated heterocycles. The summed E-state index contributed by atoms with van der Waals surface area (Å²) in [6, 6.07) is 3.89. The highest BCUT2D eigenvalue weighted by Crippen LogP contribution is 2.41. The highest BCUT2D eigenvalue weighted by molar-refractivity contribution is 5.86. The molecular formula is C19H25FN2O3. The molecule has 25 heavy (non-hydrogen) atoms. The van der Waals surface area contributed by atoms with Gasteiger partial charge < -0.3 is 14.4 Å². The molecule has 2 saturated carbocycles. The number of aromatic nitrogens is 1. The van der Waals surface area contributed by atoms with Crippen molar-refractivity contribution in [2.24, 2.45) is 5.92 Å². The van der Waals surface area contributed by atoms with Crippen LogP contribution < -0.4 is 0 Å². The highest BCUT2D eigenvalue weighted by Gasteiger charge is 2.51. The van der Waals surface area contributed by atoms with Gasteiger partial charge in [-0.15, -0.1) is 0 Å². The summed E-state index contributed by atoms with van der Waals surface area (Å²) in [6.45, 7) is 2.22. The van der Waals surface area contributed by atoms with Crippen molar-refractivity contribution in [2.45, 2.75) is 56.5 Å². The maximum Gasteiger partial charge on any atom is 0.260 e. The Morgan fingerprint density at radius 2 is 2.16 bits per heavy atom. The van der Waals surface area contributed by atoms with Gasteiger partial charge in [0.15, 0.2) is 5.67 Å². The lowest BCUT2D eigenvalue weighted by molar-refractivity contribution is -0.162. The quantitative estimate of drug-likeness (QED) is 0.820. The Morgan fingerprint density at radius 1 is 1.36 bits per heavy atom. The van der Waals surface area contributed by atoms with Crippen LogP contribution in [-0.2, 0) is 20.9 Å². The van der Waals surface area contributed by atoms with Gasteiger partial charge in [0, 0.05) is 18.9 Å². The molecule has 4 rings (SSSR count). The molecule has 2 heterocycles. The SMILES string of the molecule is O=C(N1CCO[C@@H]2C[C@H](COCc3ccncc3)C[C@H]21)C1(F)CCC1. The van der Waals surface area contributed by atoms with E-state index in [9.17, 15) is 9.18 Å². The molecule has 0 radical (unpaired) electrons. The maximum atomic E-state index is 14.6. The first-order valence-electron chi connectivity index (χ1n) is 9.24. The van der Waals surface area contributed by atoms with Gasteiger partial charge >= 0.3 is 0 Å². The van der Waals surface area contributed by atoms with E-state index in [-0.39, 0.29) is 18.1 Å². The van der Waals surface area contributed by atoms with Crippen LogP contribution in [-0.4, -0.2) is 53.4 Å². The number of ether oxygens (including phenoxy) is 2. The second-order valence-corrected chi connectivity index (χ2v) is 7.50. The summed E-state index contributed by atoms with van der Waals surface area (Å²) in [5.74, 6) is 0.0394. The third kappa shape index (κ3) is 3.42. The Bertz CT molecular complexity index is 608. The molecule has 0 aromatic carbocycles. The van der Waals surface area contributed by atoms with Gasteiger partial charge in [-0.3, -0.25) is 9.78 Å². The number of rotatable bonds is 5. The number of fused-ring (bicyclic) bond motifs is 1. The van der Waals surface area contributed by atoms with Crippen molar-refractivity contribution in [3.63, 3.8) is 0 Å². The standard InChI is InChI=1S/C19H25FN2O3/c20-19(4-1-5-19)18(23)22-8-9-25-17-11-15(10-16(17)22)13-24-12-14-2-6-21-7-3-14/h2-3,6-7,15-17H,1,4-5,8-13H2/t15-,16-,17-/m1/s1. The molecule has 1 aromatic rings. The minimum Gasteiger partial charge on any atom is -0.376 e. The van der Waals surface area contributed by atoms with E-state index < -0.39 is 5.67 Å². The molecular weight excluding hydrogens is 323 g/mol. The van der Waals surface area contributed by atoms with Crippen molar-refractivity contribution >= 4 is 5.91 Å². The number of pyridine rings is 1. The fourth-order valence-corrected chi connectivity index (χ4v) is 4.22. The molecule has 0 N–H and O–H groups in total. The van der Waals surface area contributed by atoms with E-state index in [1.165, 1.54) is 0 Å². The second-order valence-electron chi connectivity index (χ2n) is 7.50. The number of alkyl halides is 1. The van der Waals surface area contributed by atoms with E-state index in [0.717, 1.165) is 24.8 Å². The third-order valence-corrected chi connectivity index (χ3v) is 5.80. The second kappa shape index (κ2) is 7.00. The van der Waals surface area contributed by atoms with Gasteiger partial charge in [-0.05, 0) is 55.7 Å². The molecule has 0 bridgehead atoms. The van der Waals surface area contributed by atoms with E-state index >= 15 is 0 Å². The molecule has 136 valence electrons. The van der Waals surface area contributed by atoms with Crippen LogP contribution in [0.2, 0.25) is 0 Å². The van der Waals surface area contributed by atoms with E-state index in [2.05, 4.69) is 4.98 Å². The Labute approximate surface area is 147 Å². The average Bonchev–Trinajstić information content (AvgIpc) is 3.03. The Kier molecular flexibility index (Phi) is 4.73. The Balaban J connectivity index is 1.32. The number of amides is 1. The lowest BCUT2D eigenvalue weighted by Crippen LogP contribution is -2.58. The van der Waals surface area contributed by atoms with Gasteiger partial charge in [0.1, 0.15) is 0 Å². The van der Waals surface area contributed by atoms with Crippen LogP contribution in [0, 0.1) is 5.92 Å². The molecule has 0 spiro atoms. The summed E-state index contributed by atoms with van der Waals surface area (Å²) in [4.78, 5) is 18.4. The molecule has 0 unspecified atom stereocenters. The number of hydrogen-bond donors (Lipinski definition) is 0. The fourth-order valence-electron chi connectivity index (χ4n) is 4.22. The predicted molar refractivity (Wildman–Crippen MR) is 89.5 cm³/mol. The zero-order valence-electron chi connectivity index (χ0n) is 14.4. The molecule has 1 amide bonds. The normalized spacial score (nSPS) is 30.6. The maximum absolute atomic E-state index is 14.6. The van der Waals surface area contributed by atoms with Crippen LogP contribution in [0.15, 0.2) is 24.5 Å². The number of carbonyl (C=O) groups excluding carboxylic acids is 1.